The van der Waals surface area contributed by atoms with Gasteiger partial charge in [-0.05, 0) is 39.4 Å². The second kappa shape index (κ2) is 10.9. The molecule has 0 atom stereocenters. The summed E-state index contributed by atoms with van der Waals surface area (Å²) >= 11 is 6.31. The lowest BCUT2D eigenvalue weighted by Crippen LogP contribution is -2.26. The largest absolute Gasteiger partial charge is 0.390 e. The number of benzene rings is 2. The number of azide groups is 1. The van der Waals surface area contributed by atoms with Crippen LogP contribution in [0.2, 0.25) is 5.15 Å². The van der Waals surface area contributed by atoms with Gasteiger partial charge in [-0.1, -0.05) is 83.7 Å². The van der Waals surface area contributed by atoms with Crippen molar-refractivity contribution in [2.24, 2.45) is 10.2 Å². The zero-order valence-corrected chi connectivity index (χ0v) is 19.9. The number of imidazole rings is 1. The molecule has 0 fully saturated rings. The van der Waals surface area contributed by atoms with Crippen molar-refractivity contribution in [1.82, 2.24) is 30.2 Å². The molecule has 2 heterocycles. The molecule has 4 aromatic rings. The van der Waals surface area contributed by atoms with E-state index in [1.165, 1.54) is 0 Å². The lowest BCUT2D eigenvalue weighted by Gasteiger charge is -2.24. The number of aromatic amines is 1. The van der Waals surface area contributed by atoms with Crippen molar-refractivity contribution in [2.75, 3.05) is 0 Å². The van der Waals surface area contributed by atoms with Crippen molar-refractivity contribution in [3.8, 4) is 22.5 Å². The predicted molar refractivity (Wildman–Crippen MR) is 132 cm³/mol. The molecular weight excluding hydrogens is 484 g/mol. The molecule has 0 bridgehead atoms. The van der Waals surface area contributed by atoms with E-state index in [-0.39, 0.29) is 23.9 Å². The van der Waals surface area contributed by atoms with E-state index in [0.717, 1.165) is 22.3 Å². The van der Waals surface area contributed by atoms with Gasteiger partial charge < -0.3 is 9.67 Å². The summed E-state index contributed by atoms with van der Waals surface area (Å²) in [7, 11) is 0. The molecule has 0 unspecified atom stereocenters. The molecule has 2 N–H and O–H groups in total. The summed E-state index contributed by atoms with van der Waals surface area (Å²) in [5.41, 5.74) is 20.7. The Balaban J connectivity index is 1.75. The fourth-order valence-electron chi connectivity index (χ4n) is 4.08. The molecule has 2 aromatic heterocycles. The molecule has 4 rings (SSSR count). The number of aliphatic hydroxyl groups excluding tert-OH is 1. The van der Waals surface area contributed by atoms with Gasteiger partial charge in [0, 0.05) is 21.9 Å². The zero-order chi connectivity index (χ0) is 25.5. The highest BCUT2D eigenvalue weighted by Gasteiger charge is 2.36. The van der Waals surface area contributed by atoms with Gasteiger partial charge in [-0.3, -0.25) is 0 Å². The third kappa shape index (κ3) is 4.72. The Hall–Kier alpha value is -4.41. The summed E-state index contributed by atoms with van der Waals surface area (Å²) in [6.07, 6.45) is 0.761. The molecule has 0 aliphatic heterocycles. The number of rotatable bonds is 10. The maximum atomic E-state index is 9.99. The van der Waals surface area contributed by atoms with Crippen LogP contribution in [0.1, 0.15) is 36.8 Å². The van der Waals surface area contributed by atoms with Gasteiger partial charge in [-0.15, -0.1) is 10.2 Å². The molecule has 0 spiro atoms. The van der Waals surface area contributed by atoms with Gasteiger partial charge in [0.2, 0.25) is 5.82 Å². The molecule has 0 radical (unpaired) electrons. The Morgan fingerprint density at radius 3 is 2.36 bits per heavy atom. The van der Waals surface area contributed by atoms with Crippen molar-refractivity contribution >= 4 is 11.6 Å². The van der Waals surface area contributed by atoms with Crippen molar-refractivity contribution in [1.29, 1.82) is 0 Å². The van der Waals surface area contributed by atoms with E-state index in [9.17, 15) is 16.2 Å². The Bertz CT molecular complexity index is 1420. The highest BCUT2D eigenvalue weighted by molar-refractivity contribution is 6.30. The highest BCUT2D eigenvalue weighted by Crippen LogP contribution is 2.36. The van der Waals surface area contributed by atoms with Crippen LogP contribution >= 0.6 is 11.6 Å². The SMILES string of the molecule is CCCC(N=[N+]=[N-])(N=[N+]=[N-])c1nc(Cl)c(CO)n1Cc1ccc(-c2ccccc2-c2nn[nH]n2)cc1. The van der Waals surface area contributed by atoms with Crippen LogP contribution in [-0.4, -0.2) is 35.3 Å². The molecule has 0 saturated heterocycles. The molecule has 0 aliphatic rings. The summed E-state index contributed by atoms with van der Waals surface area (Å²) < 4.78 is 1.63. The minimum Gasteiger partial charge on any atom is -0.390 e. The Morgan fingerprint density at radius 1 is 1.08 bits per heavy atom. The fraction of sp³-hybridized carbons (Fsp3) is 0.273. The molecule has 0 aliphatic carbocycles. The van der Waals surface area contributed by atoms with Gasteiger partial charge >= 0.3 is 0 Å². The molecule has 14 heteroatoms. The van der Waals surface area contributed by atoms with Crippen LogP contribution < -0.4 is 0 Å². The van der Waals surface area contributed by atoms with Crippen LogP contribution in [-0.2, 0) is 18.8 Å². The van der Waals surface area contributed by atoms with E-state index in [0.29, 0.717) is 17.9 Å². The number of H-pyrrole nitrogens is 1. The van der Waals surface area contributed by atoms with Gasteiger partial charge in [0.1, 0.15) is 5.82 Å². The lowest BCUT2D eigenvalue weighted by atomic mass is 9.98. The maximum Gasteiger partial charge on any atom is 0.205 e. The second-order valence-corrected chi connectivity index (χ2v) is 8.20. The third-order valence-corrected chi connectivity index (χ3v) is 5.97. The van der Waals surface area contributed by atoms with Crippen molar-refractivity contribution in [3.63, 3.8) is 0 Å². The topological polar surface area (TPSA) is 190 Å². The minimum atomic E-state index is -1.63. The van der Waals surface area contributed by atoms with Crippen LogP contribution in [0.3, 0.4) is 0 Å². The molecule has 182 valence electrons. The molecule has 0 amide bonds. The first kappa shape index (κ1) is 24.7. The first-order chi connectivity index (χ1) is 17.6. The predicted octanol–water partition coefficient (Wildman–Crippen LogP) is 5.50. The van der Waals surface area contributed by atoms with Crippen LogP contribution in [0.25, 0.3) is 43.4 Å². The zero-order valence-electron chi connectivity index (χ0n) is 19.2. The molecule has 13 nitrogen and oxygen atoms in total. The van der Waals surface area contributed by atoms with E-state index < -0.39 is 12.3 Å². The van der Waals surface area contributed by atoms with Gasteiger partial charge in [0.15, 0.2) is 10.8 Å². The van der Waals surface area contributed by atoms with Gasteiger partial charge in [0.25, 0.3) is 0 Å². The summed E-state index contributed by atoms with van der Waals surface area (Å²) in [6, 6.07) is 15.5. The standard InChI is InChI=1S/C22H21ClN12O/c1-2-11-22(29-31-24,30-32-25)21-26-19(23)18(13-36)35(21)12-14-7-9-15(10-8-14)16-5-3-4-6-17(16)20-27-33-34-28-20/h3-10,36H,2,11-13H2,1H3,(H,27,28,33,34). The number of aromatic nitrogens is 6. The Labute approximate surface area is 210 Å². The quantitative estimate of drug-likeness (QED) is 0.163. The summed E-state index contributed by atoms with van der Waals surface area (Å²) in [5, 5.41) is 31.9. The van der Waals surface area contributed by atoms with Crippen molar-refractivity contribution in [2.45, 2.75) is 38.6 Å². The number of aliphatic hydroxyl groups is 1. The number of nitrogens with one attached hydrogen (secondary N) is 1. The van der Waals surface area contributed by atoms with Crippen molar-refractivity contribution < 1.29 is 5.11 Å². The van der Waals surface area contributed by atoms with Crippen LogP contribution in [0.5, 0.6) is 0 Å². The van der Waals surface area contributed by atoms with E-state index in [1.54, 1.807) is 4.57 Å². The molecule has 36 heavy (non-hydrogen) atoms. The van der Waals surface area contributed by atoms with E-state index in [1.807, 2.05) is 55.5 Å². The first-order valence-electron chi connectivity index (χ1n) is 11.0. The van der Waals surface area contributed by atoms with Crippen LogP contribution in [0, 0.1) is 0 Å². The van der Waals surface area contributed by atoms with E-state index in [4.69, 9.17) is 11.6 Å². The fourth-order valence-corrected chi connectivity index (χ4v) is 4.32. The first-order valence-corrected chi connectivity index (χ1v) is 11.4. The van der Waals surface area contributed by atoms with Crippen molar-refractivity contribution in [3.05, 3.63) is 91.7 Å². The van der Waals surface area contributed by atoms with Gasteiger partial charge in [0.05, 0.1) is 12.3 Å². The highest BCUT2D eigenvalue weighted by atomic mass is 35.5. The summed E-state index contributed by atoms with van der Waals surface area (Å²) in [5.74, 6) is 0.656. The Morgan fingerprint density at radius 2 is 1.78 bits per heavy atom. The normalized spacial score (nSPS) is 12.4. The number of hydrogen-bond donors (Lipinski definition) is 2. The van der Waals surface area contributed by atoms with E-state index >= 15 is 0 Å². The maximum absolute atomic E-state index is 9.99. The van der Waals surface area contributed by atoms with Gasteiger partial charge in [-0.2, -0.15) is 5.21 Å². The summed E-state index contributed by atoms with van der Waals surface area (Å²) in [4.78, 5) is 10.1. The molecule has 2 aromatic carbocycles. The molecular formula is C22H21ClN12O. The third-order valence-electron chi connectivity index (χ3n) is 5.67. The second-order valence-electron chi connectivity index (χ2n) is 7.84. The van der Waals surface area contributed by atoms with Gasteiger partial charge in [-0.25, -0.2) is 4.98 Å². The monoisotopic (exact) mass is 504 g/mol. The number of halogens is 1. The smallest absolute Gasteiger partial charge is 0.205 e. The minimum absolute atomic E-state index is 0.0416. The number of tetrazole rings is 1. The number of nitrogens with zero attached hydrogens (tertiary/aromatic N) is 11. The Kier molecular flexibility index (Phi) is 7.47. The average Bonchev–Trinajstić information content (AvgIpc) is 3.53. The molecule has 0 saturated carbocycles. The summed E-state index contributed by atoms with van der Waals surface area (Å²) in [6.45, 7) is 1.70. The van der Waals surface area contributed by atoms with Crippen LogP contribution in [0.4, 0.5) is 0 Å². The average molecular weight is 505 g/mol. The van der Waals surface area contributed by atoms with E-state index in [2.05, 4.69) is 45.7 Å². The van der Waals surface area contributed by atoms with Crippen LogP contribution in [0.15, 0.2) is 58.8 Å². The number of hydrogen-bond acceptors (Lipinski definition) is 7. The lowest BCUT2D eigenvalue weighted by molar-refractivity contribution is 0.268.